The third kappa shape index (κ3) is 3.45. The van der Waals surface area contributed by atoms with Crippen LogP contribution >= 0.6 is 0 Å². The largest absolute Gasteiger partial charge is 0.481 e. The molecule has 2 rings (SSSR count). The van der Waals surface area contributed by atoms with E-state index in [1.54, 1.807) is 36.6 Å². The number of carboxylic acids is 1. The molecule has 0 spiro atoms. The summed E-state index contributed by atoms with van der Waals surface area (Å²) in [6.07, 6.45) is 1.50. The van der Waals surface area contributed by atoms with Crippen LogP contribution in [-0.2, 0) is 4.79 Å². The third-order valence-corrected chi connectivity index (χ3v) is 2.58. The number of carbonyl (C=O) groups is 2. The molecular formula is C14H13NO4. The molecule has 2 N–H and O–H groups in total. The summed E-state index contributed by atoms with van der Waals surface area (Å²) in [5.74, 6) is -0.487. The normalized spacial score (nSPS) is 10.1. The van der Waals surface area contributed by atoms with Gasteiger partial charge in [-0.25, -0.2) is 0 Å². The molecule has 0 aliphatic heterocycles. The van der Waals surface area contributed by atoms with Crippen molar-refractivity contribution in [1.29, 1.82) is 0 Å². The van der Waals surface area contributed by atoms with Crippen molar-refractivity contribution in [3.05, 3.63) is 48.2 Å². The zero-order chi connectivity index (χ0) is 13.7. The van der Waals surface area contributed by atoms with Gasteiger partial charge in [0.05, 0.1) is 12.7 Å². The van der Waals surface area contributed by atoms with E-state index in [9.17, 15) is 9.59 Å². The molecule has 0 saturated heterocycles. The second kappa shape index (κ2) is 5.86. The predicted octanol–water partition coefficient (Wildman–Crippen LogP) is 2.15. The number of furan rings is 1. The Bertz CT molecular complexity index is 558. The molecule has 0 fully saturated rings. The van der Waals surface area contributed by atoms with Gasteiger partial charge in [0.1, 0.15) is 5.76 Å². The Kier molecular flexibility index (Phi) is 3.97. The van der Waals surface area contributed by atoms with Crippen LogP contribution in [0.25, 0.3) is 11.3 Å². The van der Waals surface area contributed by atoms with E-state index < -0.39 is 5.97 Å². The molecule has 98 valence electrons. The second-order valence-electron chi connectivity index (χ2n) is 3.95. The first-order valence-corrected chi connectivity index (χ1v) is 5.81. The first kappa shape index (κ1) is 12.9. The predicted molar refractivity (Wildman–Crippen MR) is 68.7 cm³/mol. The van der Waals surface area contributed by atoms with E-state index in [0.29, 0.717) is 5.56 Å². The number of benzene rings is 1. The quantitative estimate of drug-likeness (QED) is 0.862. The van der Waals surface area contributed by atoms with Crippen LogP contribution in [0, 0.1) is 0 Å². The lowest BCUT2D eigenvalue weighted by Crippen LogP contribution is -2.25. The Labute approximate surface area is 109 Å². The van der Waals surface area contributed by atoms with Gasteiger partial charge in [0, 0.05) is 17.7 Å². The summed E-state index contributed by atoms with van der Waals surface area (Å²) in [4.78, 5) is 22.0. The van der Waals surface area contributed by atoms with Crippen LogP contribution < -0.4 is 5.32 Å². The van der Waals surface area contributed by atoms with Crippen LogP contribution in [-0.4, -0.2) is 23.5 Å². The Morgan fingerprint density at radius 2 is 1.89 bits per heavy atom. The van der Waals surface area contributed by atoms with Crippen LogP contribution in [0.5, 0.6) is 0 Å². The topological polar surface area (TPSA) is 79.5 Å². The highest BCUT2D eigenvalue weighted by atomic mass is 16.4. The average Bonchev–Trinajstić information content (AvgIpc) is 2.92. The summed E-state index contributed by atoms with van der Waals surface area (Å²) in [6.45, 7) is 0.119. The highest BCUT2D eigenvalue weighted by Gasteiger charge is 2.07. The minimum Gasteiger partial charge on any atom is -0.481 e. The van der Waals surface area contributed by atoms with Gasteiger partial charge in [-0.15, -0.1) is 0 Å². The lowest BCUT2D eigenvalue weighted by atomic mass is 10.1. The van der Waals surface area contributed by atoms with Crippen molar-refractivity contribution >= 4 is 11.9 Å². The highest BCUT2D eigenvalue weighted by molar-refractivity contribution is 5.94. The summed E-state index contributed by atoms with van der Waals surface area (Å²) in [5.41, 5.74) is 1.37. The summed E-state index contributed by atoms with van der Waals surface area (Å²) in [5, 5.41) is 11.0. The summed E-state index contributed by atoms with van der Waals surface area (Å²) in [6, 6.07) is 10.5. The highest BCUT2D eigenvalue weighted by Crippen LogP contribution is 2.19. The molecule has 2 aromatic rings. The molecule has 0 atom stereocenters. The van der Waals surface area contributed by atoms with Crippen molar-refractivity contribution in [2.24, 2.45) is 0 Å². The van der Waals surface area contributed by atoms with Crippen molar-refractivity contribution in [1.82, 2.24) is 5.32 Å². The molecule has 1 heterocycles. The molecular weight excluding hydrogens is 246 g/mol. The van der Waals surface area contributed by atoms with Crippen molar-refractivity contribution < 1.29 is 19.1 Å². The van der Waals surface area contributed by atoms with E-state index >= 15 is 0 Å². The SMILES string of the molecule is O=C(O)CCNC(=O)c1ccc(-c2ccco2)cc1. The molecule has 19 heavy (non-hydrogen) atoms. The molecule has 0 radical (unpaired) electrons. The summed E-state index contributed by atoms with van der Waals surface area (Å²) in [7, 11) is 0. The van der Waals surface area contributed by atoms with E-state index in [4.69, 9.17) is 9.52 Å². The van der Waals surface area contributed by atoms with E-state index in [2.05, 4.69) is 5.32 Å². The molecule has 0 aliphatic carbocycles. The van der Waals surface area contributed by atoms with Gasteiger partial charge in [0.15, 0.2) is 0 Å². The monoisotopic (exact) mass is 259 g/mol. The lowest BCUT2D eigenvalue weighted by Gasteiger charge is -2.04. The first-order valence-electron chi connectivity index (χ1n) is 5.81. The number of hydrogen-bond donors (Lipinski definition) is 2. The van der Waals surface area contributed by atoms with Crippen LogP contribution in [0.1, 0.15) is 16.8 Å². The number of rotatable bonds is 5. The van der Waals surface area contributed by atoms with Crippen molar-refractivity contribution in [3.63, 3.8) is 0 Å². The second-order valence-corrected chi connectivity index (χ2v) is 3.95. The molecule has 0 saturated carbocycles. The number of aliphatic carboxylic acids is 1. The van der Waals surface area contributed by atoms with Crippen molar-refractivity contribution in [3.8, 4) is 11.3 Å². The molecule has 5 nitrogen and oxygen atoms in total. The summed E-state index contributed by atoms with van der Waals surface area (Å²) < 4.78 is 5.25. The fourth-order valence-electron chi connectivity index (χ4n) is 1.61. The fourth-order valence-corrected chi connectivity index (χ4v) is 1.61. The molecule has 1 aromatic heterocycles. The van der Waals surface area contributed by atoms with Crippen molar-refractivity contribution in [2.75, 3.05) is 6.54 Å². The first-order chi connectivity index (χ1) is 9.16. The summed E-state index contributed by atoms with van der Waals surface area (Å²) >= 11 is 0. The van der Waals surface area contributed by atoms with Crippen LogP contribution in [0.2, 0.25) is 0 Å². The maximum Gasteiger partial charge on any atom is 0.305 e. The van der Waals surface area contributed by atoms with Gasteiger partial charge in [-0.05, 0) is 24.3 Å². The third-order valence-electron chi connectivity index (χ3n) is 2.58. The van der Waals surface area contributed by atoms with Gasteiger partial charge in [0.2, 0.25) is 0 Å². The molecule has 0 unspecified atom stereocenters. The maximum atomic E-state index is 11.7. The van der Waals surface area contributed by atoms with Crippen LogP contribution in [0.4, 0.5) is 0 Å². The molecule has 1 amide bonds. The lowest BCUT2D eigenvalue weighted by molar-refractivity contribution is -0.136. The van der Waals surface area contributed by atoms with Gasteiger partial charge in [0.25, 0.3) is 5.91 Å². The maximum absolute atomic E-state index is 11.7. The minimum atomic E-state index is -0.937. The molecule has 1 aromatic carbocycles. The van der Waals surface area contributed by atoms with Gasteiger partial charge in [-0.1, -0.05) is 12.1 Å². The standard InChI is InChI=1S/C14H13NO4/c16-13(17)7-8-15-14(18)11-5-3-10(4-6-11)12-2-1-9-19-12/h1-6,9H,7-8H2,(H,15,18)(H,16,17). The van der Waals surface area contributed by atoms with E-state index in [-0.39, 0.29) is 18.9 Å². The molecule has 0 bridgehead atoms. The zero-order valence-corrected chi connectivity index (χ0v) is 10.1. The fraction of sp³-hybridized carbons (Fsp3) is 0.143. The molecule has 5 heteroatoms. The van der Waals surface area contributed by atoms with Crippen LogP contribution in [0.15, 0.2) is 47.1 Å². The van der Waals surface area contributed by atoms with Gasteiger partial charge in [-0.2, -0.15) is 0 Å². The van der Waals surface area contributed by atoms with Crippen LogP contribution in [0.3, 0.4) is 0 Å². The van der Waals surface area contributed by atoms with E-state index in [1.165, 1.54) is 0 Å². The number of carboxylic acid groups (broad SMARTS) is 1. The number of hydrogen-bond acceptors (Lipinski definition) is 3. The average molecular weight is 259 g/mol. The molecule has 0 aliphatic rings. The van der Waals surface area contributed by atoms with Crippen molar-refractivity contribution in [2.45, 2.75) is 6.42 Å². The number of nitrogens with one attached hydrogen (secondary N) is 1. The smallest absolute Gasteiger partial charge is 0.305 e. The Balaban J connectivity index is 1.98. The van der Waals surface area contributed by atoms with Gasteiger partial charge < -0.3 is 14.8 Å². The minimum absolute atomic E-state index is 0.0871. The van der Waals surface area contributed by atoms with Gasteiger partial charge >= 0.3 is 5.97 Å². The number of carbonyl (C=O) groups excluding carboxylic acids is 1. The Morgan fingerprint density at radius 3 is 2.47 bits per heavy atom. The Morgan fingerprint density at radius 1 is 1.16 bits per heavy atom. The zero-order valence-electron chi connectivity index (χ0n) is 10.1. The van der Waals surface area contributed by atoms with E-state index in [1.807, 2.05) is 6.07 Å². The van der Waals surface area contributed by atoms with E-state index in [0.717, 1.165) is 11.3 Å². The van der Waals surface area contributed by atoms with Gasteiger partial charge in [-0.3, -0.25) is 9.59 Å². The number of amides is 1. The Hall–Kier alpha value is -2.56.